The molecule has 2 aromatic carbocycles. The number of benzene rings is 2. The number of aliphatic carboxylic acids is 1. The Morgan fingerprint density at radius 1 is 1.20 bits per heavy atom. The fourth-order valence-corrected chi connectivity index (χ4v) is 2.29. The zero-order chi connectivity index (χ0) is 14.5. The molecular formula is C15H12BrClO3. The summed E-state index contributed by atoms with van der Waals surface area (Å²) < 4.78 is 6.54. The predicted octanol–water partition coefficient (Wildman–Crippen LogP) is 4.31. The quantitative estimate of drug-likeness (QED) is 0.869. The molecule has 0 aliphatic heterocycles. The van der Waals surface area contributed by atoms with E-state index in [1.165, 1.54) is 0 Å². The Balaban J connectivity index is 2.14. The van der Waals surface area contributed by atoms with Crippen LogP contribution < -0.4 is 4.74 Å². The molecule has 0 saturated heterocycles. The van der Waals surface area contributed by atoms with Crippen LogP contribution in [0.25, 0.3) is 0 Å². The van der Waals surface area contributed by atoms with E-state index >= 15 is 0 Å². The highest BCUT2D eigenvalue weighted by atomic mass is 79.9. The lowest BCUT2D eigenvalue weighted by molar-refractivity contribution is -0.136. The van der Waals surface area contributed by atoms with Gasteiger partial charge in [0.2, 0.25) is 0 Å². The minimum absolute atomic E-state index is 0.0221. The lowest BCUT2D eigenvalue weighted by Gasteiger charge is -2.11. The Kier molecular flexibility index (Phi) is 5.04. The van der Waals surface area contributed by atoms with Gasteiger partial charge in [0.05, 0.1) is 11.4 Å². The van der Waals surface area contributed by atoms with Crippen LogP contribution in [-0.4, -0.2) is 11.1 Å². The van der Waals surface area contributed by atoms with Crippen molar-refractivity contribution in [2.45, 2.75) is 13.0 Å². The average molecular weight is 356 g/mol. The van der Waals surface area contributed by atoms with E-state index in [2.05, 4.69) is 15.9 Å². The first kappa shape index (κ1) is 14.9. The van der Waals surface area contributed by atoms with E-state index in [4.69, 9.17) is 21.4 Å². The van der Waals surface area contributed by atoms with Gasteiger partial charge in [-0.05, 0) is 29.3 Å². The molecule has 2 aromatic rings. The monoisotopic (exact) mass is 354 g/mol. The van der Waals surface area contributed by atoms with Crippen molar-refractivity contribution in [2.75, 3.05) is 0 Å². The molecule has 5 heteroatoms. The van der Waals surface area contributed by atoms with Crippen molar-refractivity contribution in [2.24, 2.45) is 0 Å². The minimum Gasteiger partial charge on any atom is -0.487 e. The van der Waals surface area contributed by atoms with Crippen molar-refractivity contribution < 1.29 is 14.6 Å². The Bertz CT molecular complexity index is 628. The lowest BCUT2D eigenvalue weighted by Crippen LogP contribution is -2.06. The Hall–Kier alpha value is -1.52. The SMILES string of the molecule is O=C(O)Cc1ccccc1COc1cc(Br)ccc1Cl. The van der Waals surface area contributed by atoms with Crippen LogP contribution in [0, 0.1) is 0 Å². The molecule has 0 bridgehead atoms. The second-order valence-electron chi connectivity index (χ2n) is 4.20. The first-order valence-electron chi connectivity index (χ1n) is 5.92. The summed E-state index contributed by atoms with van der Waals surface area (Å²) in [6, 6.07) is 12.7. The van der Waals surface area contributed by atoms with Crippen LogP contribution in [0.1, 0.15) is 11.1 Å². The first-order chi connectivity index (χ1) is 9.56. The van der Waals surface area contributed by atoms with Crippen molar-refractivity contribution >= 4 is 33.5 Å². The third-order valence-corrected chi connectivity index (χ3v) is 3.54. The Morgan fingerprint density at radius 2 is 1.90 bits per heavy atom. The number of carbonyl (C=O) groups is 1. The van der Waals surface area contributed by atoms with Crippen molar-refractivity contribution in [1.82, 2.24) is 0 Å². The van der Waals surface area contributed by atoms with Crippen LogP contribution in [0.4, 0.5) is 0 Å². The normalized spacial score (nSPS) is 10.3. The summed E-state index contributed by atoms with van der Waals surface area (Å²) in [7, 11) is 0. The molecule has 0 aliphatic carbocycles. The van der Waals surface area contributed by atoms with Crippen LogP contribution in [0.15, 0.2) is 46.9 Å². The van der Waals surface area contributed by atoms with E-state index < -0.39 is 5.97 Å². The van der Waals surface area contributed by atoms with Gasteiger partial charge in [-0.3, -0.25) is 4.79 Å². The summed E-state index contributed by atoms with van der Waals surface area (Å²) in [4.78, 5) is 10.8. The number of carboxylic acids is 1. The highest BCUT2D eigenvalue weighted by molar-refractivity contribution is 9.10. The van der Waals surface area contributed by atoms with Gasteiger partial charge in [0, 0.05) is 4.47 Å². The van der Waals surface area contributed by atoms with Gasteiger partial charge in [-0.2, -0.15) is 0 Å². The van der Waals surface area contributed by atoms with Crippen molar-refractivity contribution in [3.8, 4) is 5.75 Å². The molecule has 0 aliphatic rings. The van der Waals surface area contributed by atoms with Gasteiger partial charge < -0.3 is 9.84 Å². The molecule has 0 unspecified atom stereocenters. The molecule has 0 fully saturated rings. The smallest absolute Gasteiger partial charge is 0.307 e. The molecule has 0 radical (unpaired) electrons. The van der Waals surface area contributed by atoms with Gasteiger partial charge >= 0.3 is 5.97 Å². The van der Waals surface area contributed by atoms with E-state index in [1.54, 1.807) is 18.2 Å². The third-order valence-electron chi connectivity index (χ3n) is 2.74. The number of halogens is 2. The maximum absolute atomic E-state index is 10.8. The number of hydrogen-bond donors (Lipinski definition) is 1. The molecule has 0 saturated carbocycles. The Labute approximate surface area is 130 Å². The van der Waals surface area contributed by atoms with Crippen molar-refractivity contribution in [1.29, 1.82) is 0 Å². The summed E-state index contributed by atoms with van der Waals surface area (Å²) in [6.45, 7) is 0.277. The van der Waals surface area contributed by atoms with E-state index in [1.807, 2.05) is 24.3 Å². The van der Waals surface area contributed by atoms with Crippen molar-refractivity contribution in [3.63, 3.8) is 0 Å². The standard InChI is InChI=1S/C15H12BrClO3/c16-12-5-6-13(17)14(8-12)20-9-11-4-2-1-3-10(11)7-15(18)19/h1-6,8H,7,9H2,(H,18,19). The first-order valence-corrected chi connectivity index (χ1v) is 7.10. The third kappa shape index (κ3) is 3.99. The topological polar surface area (TPSA) is 46.5 Å². The maximum atomic E-state index is 10.8. The lowest BCUT2D eigenvalue weighted by atomic mass is 10.1. The van der Waals surface area contributed by atoms with Gasteiger partial charge in [-0.25, -0.2) is 0 Å². The molecule has 2 rings (SSSR count). The second kappa shape index (κ2) is 6.77. The van der Waals surface area contributed by atoms with Crippen LogP contribution in [0.5, 0.6) is 5.75 Å². The van der Waals surface area contributed by atoms with Crippen LogP contribution in [0.2, 0.25) is 5.02 Å². The predicted molar refractivity (Wildman–Crippen MR) is 81.3 cm³/mol. The molecule has 0 heterocycles. The van der Waals surface area contributed by atoms with E-state index in [9.17, 15) is 4.79 Å². The second-order valence-corrected chi connectivity index (χ2v) is 5.53. The van der Waals surface area contributed by atoms with Gasteiger partial charge in [0.1, 0.15) is 12.4 Å². The molecule has 0 atom stereocenters. The van der Waals surface area contributed by atoms with Gasteiger partial charge in [-0.1, -0.05) is 51.8 Å². The van der Waals surface area contributed by atoms with E-state index in [0.717, 1.165) is 15.6 Å². The molecule has 0 spiro atoms. The van der Waals surface area contributed by atoms with Crippen molar-refractivity contribution in [3.05, 3.63) is 63.1 Å². The number of carboxylic acid groups (broad SMARTS) is 1. The largest absolute Gasteiger partial charge is 0.487 e. The fourth-order valence-electron chi connectivity index (χ4n) is 1.78. The molecule has 0 amide bonds. The molecule has 20 heavy (non-hydrogen) atoms. The number of ether oxygens (including phenoxy) is 1. The zero-order valence-electron chi connectivity index (χ0n) is 10.5. The summed E-state index contributed by atoms with van der Waals surface area (Å²) in [5, 5.41) is 9.41. The fraction of sp³-hybridized carbons (Fsp3) is 0.133. The van der Waals surface area contributed by atoms with E-state index in [-0.39, 0.29) is 13.0 Å². The highest BCUT2D eigenvalue weighted by Crippen LogP contribution is 2.28. The molecule has 3 nitrogen and oxygen atoms in total. The Morgan fingerprint density at radius 3 is 2.60 bits per heavy atom. The van der Waals surface area contributed by atoms with Crippen LogP contribution >= 0.6 is 27.5 Å². The van der Waals surface area contributed by atoms with Gasteiger partial charge in [0.15, 0.2) is 0 Å². The molecule has 0 aromatic heterocycles. The molecule has 104 valence electrons. The minimum atomic E-state index is -0.863. The average Bonchev–Trinajstić information content (AvgIpc) is 2.41. The number of hydrogen-bond acceptors (Lipinski definition) is 2. The maximum Gasteiger partial charge on any atom is 0.307 e. The van der Waals surface area contributed by atoms with Crippen LogP contribution in [0.3, 0.4) is 0 Å². The summed E-state index contributed by atoms with van der Waals surface area (Å²) in [5.74, 6) is -0.302. The molecular weight excluding hydrogens is 344 g/mol. The summed E-state index contributed by atoms with van der Waals surface area (Å²) in [5.41, 5.74) is 1.58. The molecule has 1 N–H and O–H groups in total. The zero-order valence-corrected chi connectivity index (χ0v) is 12.8. The summed E-state index contributed by atoms with van der Waals surface area (Å²) in [6.07, 6.45) is -0.0221. The number of rotatable bonds is 5. The van der Waals surface area contributed by atoms with Crippen LogP contribution in [-0.2, 0) is 17.8 Å². The van der Waals surface area contributed by atoms with Gasteiger partial charge in [-0.15, -0.1) is 0 Å². The van der Waals surface area contributed by atoms with Gasteiger partial charge in [0.25, 0.3) is 0 Å². The highest BCUT2D eigenvalue weighted by Gasteiger charge is 2.08. The van der Waals surface area contributed by atoms with E-state index in [0.29, 0.717) is 10.8 Å². The summed E-state index contributed by atoms with van der Waals surface area (Å²) >= 11 is 9.40.